The highest BCUT2D eigenvalue weighted by molar-refractivity contribution is 7.11. The van der Waals surface area contributed by atoms with Crippen LogP contribution < -0.4 is 5.32 Å². The molecule has 1 atom stereocenters. The molecule has 2 nitrogen and oxygen atoms in total. The van der Waals surface area contributed by atoms with Crippen molar-refractivity contribution in [3.05, 3.63) is 15.6 Å². The molecule has 1 saturated carbocycles. The van der Waals surface area contributed by atoms with E-state index in [0.29, 0.717) is 0 Å². The Labute approximate surface area is 114 Å². The highest BCUT2D eigenvalue weighted by Gasteiger charge is 2.25. The van der Waals surface area contributed by atoms with Gasteiger partial charge in [-0.15, -0.1) is 11.3 Å². The second kappa shape index (κ2) is 5.70. The summed E-state index contributed by atoms with van der Waals surface area (Å²) in [6.45, 7) is 1.16. The largest absolute Gasteiger partial charge is 0.319 e. The van der Waals surface area contributed by atoms with Crippen molar-refractivity contribution in [2.24, 2.45) is 5.92 Å². The van der Waals surface area contributed by atoms with Crippen LogP contribution in [0.1, 0.15) is 60.0 Å². The molecule has 2 aliphatic carbocycles. The van der Waals surface area contributed by atoms with E-state index in [-0.39, 0.29) is 0 Å². The lowest BCUT2D eigenvalue weighted by Gasteiger charge is -2.20. The minimum atomic E-state index is 0.789. The highest BCUT2D eigenvalue weighted by atomic mass is 32.1. The summed E-state index contributed by atoms with van der Waals surface area (Å²) in [6.07, 6.45) is 10.8. The van der Waals surface area contributed by atoms with E-state index in [9.17, 15) is 0 Å². The van der Waals surface area contributed by atoms with Crippen LogP contribution in [0.4, 0.5) is 0 Å². The van der Waals surface area contributed by atoms with Crippen molar-refractivity contribution in [1.82, 2.24) is 10.3 Å². The Kier molecular flexibility index (Phi) is 4.00. The second-order valence-electron chi connectivity index (χ2n) is 5.92. The van der Waals surface area contributed by atoms with Gasteiger partial charge in [-0.25, -0.2) is 4.98 Å². The van der Waals surface area contributed by atoms with Gasteiger partial charge >= 0.3 is 0 Å². The highest BCUT2D eigenvalue weighted by Crippen LogP contribution is 2.38. The van der Waals surface area contributed by atoms with Crippen LogP contribution in [0.3, 0.4) is 0 Å². The quantitative estimate of drug-likeness (QED) is 0.903. The molecule has 1 aromatic rings. The first-order valence-corrected chi connectivity index (χ1v) is 8.31. The zero-order chi connectivity index (χ0) is 12.4. The maximum Gasteiger partial charge on any atom is 0.0962 e. The molecular formula is C15H24N2S. The van der Waals surface area contributed by atoms with Crippen LogP contribution in [-0.4, -0.2) is 18.6 Å². The van der Waals surface area contributed by atoms with Gasteiger partial charge in [-0.1, -0.05) is 19.3 Å². The van der Waals surface area contributed by atoms with Gasteiger partial charge in [0.25, 0.3) is 0 Å². The van der Waals surface area contributed by atoms with Crippen molar-refractivity contribution in [1.29, 1.82) is 0 Å². The molecule has 2 aliphatic rings. The lowest BCUT2D eigenvalue weighted by molar-refractivity contribution is 0.434. The maximum absolute atomic E-state index is 4.97. The Morgan fingerprint density at radius 1 is 1.22 bits per heavy atom. The van der Waals surface area contributed by atoms with Crippen molar-refractivity contribution in [3.63, 3.8) is 0 Å². The number of fused-ring (bicyclic) bond motifs is 1. The number of rotatable bonds is 3. The van der Waals surface area contributed by atoms with E-state index in [1.807, 2.05) is 11.3 Å². The zero-order valence-electron chi connectivity index (χ0n) is 11.4. The smallest absolute Gasteiger partial charge is 0.0962 e. The maximum atomic E-state index is 4.97. The number of nitrogens with zero attached hydrogens (tertiary/aromatic N) is 1. The third-order valence-electron chi connectivity index (χ3n) is 4.51. The molecule has 0 aliphatic heterocycles. The average Bonchev–Trinajstić information content (AvgIpc) is 2.83. The Morgan fingerprint density at radius 3 is 2.83 bits per heavy atom. The number of hydrogen-bond acceptors (Lipinski definition) is 3. The number of thiazole rings is 1. The van der Waals surface area contributed by atoms with Gasteiger partial charge in [-0.2, -0.15) is 0 Å². The van der Waals surface area contributed by atoms with Gasteiger partial charge in [-0.3, -0.25) is 0 Å². The van der Waals surface area contributed by atoms with Crippen LogP contribution in [0.2, 0.25) is 0 Å². The molecule has 0 amide bonds. The van der Waals surface area contributed by atoms with E-state index in [4.69, 9.17) is 4.98 Å². The van der Waals surface area contributed by atoms with E-state index in [1.54, 1.807) is 4.88 Å². The summed E-state index contributed by atoms with van der Waals surface area (Å²) >= 11 is 2.03. The van der Waals surface area contributed by atoms with Crippen LogP contribution in [-0.2, 0) is 12.8 Å². The van der Waals surface area contributed by atoms with E-state index in [1.165, 1.54) is 62.1 Å². The first-order chi connectivity index (χ1) is 8.86. The predicted molar refractivity (Wildman–Crippen MR) is 77.4 cm³/mol. The number of hydrogen-bond donors (Lipinski definition) is 1. The first-order valence-electron chi connectivity index (χ1n) is 7.50. The van der Waals surface area contributed by atoms with Crippen molar-refractivity contribution < 1.29 is 0 Å². The molecule has 3 heteroatoms. The summed E-state index contributed by atoms with van der Waals surface area (Å²) in [5.74, 6) is 1.62. The van der Waals surface area contributed by atoms with Gasteiger partial charge < -0.3 is 5.32 Å². The van der Waals surface area contributed by atoms with Crippen molar-refractivity contribution in [2.75, 3.05) is 13.6 Å². The fraction of sp³-hybridized carbons (Fsp3) is 0.800. The van der Waals surface area contributed by atoms with E-state index < -0.39 is 0 Å². The first kappa shape index (κ1) is 12.6. The lowest BCUT2D eigenvalue weighted by Crippen LogP contribution is -2.24. The van der Waals surface area contributed by atoms with Gasteiger partial charge in [0.05, 0.1) is 10.7 Å². The molecule has 1 heterocycles. The molecule has 100 valence electrons. The molecule has 0 aromatic carbocycles. The van der Waals surface area contributed by atoms with E-state index in [2.05, 4.69) is 12.4 Å². The fourth-order valence-corrected chi connectivity index (χ4v) is 4.85. The van der Waals surface area contributed by atoms with Crippen LogP contribution in [0.25, 0.3) is 0 Å². The summed E-state index contributed by atoms with van der Waals surface area (Å²) < 4.78 is 0. The molecular weight excluding hydrogens is 240 g/mol. The van der Waals surface area contributed by atoms with Crippen LogP contribution in [0, 0.1) is 5.92 Å². The third-order valence-corrected chi connectivity index (χ3v) is 5.79. The summed E-state index contributed by atoms with van der Waals surface area (Å²) in [5, 5.41) is 4.79. The Bertz CT molecular complexity index is 393. The zero-order valence-corrected chi connectivity index (χ0v) is 12.2. The van der Waals surface area contributed by atoms with Gasteiger partial charge in [0.2, 0.25) is 0 Å². The SMILES string of the molecule is CNCC1CCc2nc(C3CCCCC3)sc2C1. The van der Waals surface area contributed by atoms with Gasteiger partial charge in [0.15, 0.2) is 0 Å². The van der Waals surface area contributed by atoms with E-state index in [0.717, 1.165) is 18.4 Å². The van der Waals surface area contributed by atoms with Crippen LogP contribution >= 0.6 is 11.3 Å². The molecule has 0 bridgehead atoms. The minimum Gasteiger partial charge on any atom is -0.319 e. The normalized spacial score (nSPS) is 25.1. The minimum absolute atomic E-state index is 0.789. The molecule has 1 fully saturated rings. The molecule has 18 heavy (non-hydrogen) atoms. The van der Waals surface area contributed by atoms with Crippen LogP contribution in [0.15, 0.2) is 0 Å². The van der Waals surface area contributed by atoms with Gasteiger partial charge in [-0.05, 0) is 51.6 Å². The number of aromatic nitrogens is 1. The third kappa shape index (κ3) is 2.62. The average molecular weight is 264 g/mol. The summed E-state index contributed by atoms with van der Waals surface area (Å²) in [7, 11) is 2.07. The predicted octanol–water partition coefficient (Wildman–Crippen LogP) is 3.52. The van der Waals surface area contributed by atoms with Crippen LogP contribution in [0.5, 0.6) is 0 Å². The Hall–Kier alpha value is -0.410. The number of aryl methyl sites for hydroxylation is 1. The Morgan fingerprint density at radius 2 is 2.06 bits per heavy atom. The monoisotopic (exact) mass is 264 g/mol. The Balaban J connectivity index is 1.72. The topological polar surface area (TPSA) is 24.9 Å². The molecule has 1 aromatic heterocycles. The van der Waals surface area contributed by atoms with Gasteiger partial charge in [0, 0.05) is 10.8 Å². The molecule has 3 rings (SSSR count). The summed E-state index contributed by atoms with van der Waals surface area (Å²) in [5.41, 5.74) is 1.44. The summed E-state index contributed by atoms with van der Waals surface area (Å²) in [6, 6.07) is 0. The van der Waals surface area contributed by atoms with Crippen molar-refractivity contribution in [3.8, 4) is 0 Å². The van der Waals surface area contributed by atoms with Crippen molar-refractivity contribution in [2.45, 2.75) is 57.3 Å². The molecule has 1 N–H and O–H groups in total. The molecule has 1 unspecified atom stereocenters. The fourth-order valence-electron chi connectivity index (χ4n) is 3.45. The summed E-state index contributed by atoms with van der Waals surface area (Å²) in [4.78, 5) is 6.57. The standard InChI is InChI=1S/C15H24N2S/c1-16-10-11-7-8-13-14(9-11)18-15(17-13)12-5-3-2-4-6-12/h11-12,16H,2-10H2,1H3. The van der Waals surface area contributed by atoms with Gasteiger partial charge in [0.1, 0.15) is 0 Å². The lowest BCUT2D eigenvalue weighted by atomic mass is 9.89. The molecule has 0 saturated heterocycles. The number of nitrogens with one attached hydrogen (secondary N) is 1. The second-order valence-corrected chi connectivity index (χ2v) is 7.04. The molecule has 0 spiro atoms. The van der Waals surface area contributed by atoms with E-state index >= 15 is 0 Å². The molecule has 0 radical (unpaired) electrons. The van der Waals surface area contributed by atoms with Crippen molar-refractivity contribution >= 4 is 11.3 Å².